The maximum absolute atomic E-state index is 5.82. The largest absolute Gasteiger partial charge is 0.373 e. The molecule has 1 saturated heterocycles. The van der Waals surface area contributed by atoms with Crippen LogP contribution in [0.2, 0.25) is 0 Å². The fraction of sp³-hybridized carbons (Fsp3) is 1.00. The maximum Gasteiger partial charge on any atom is 0.0678 e. The molecule has 2 aliphatic rings. The lowest BCUT2D eigenvalue weighted by Gasteiger charge is -2.38. The number of hydrogen-bond acceptors (Lipinski definition) is 3. The van der Waals surface area contributed by atoms with E-state index in [0.29, 0.717) is 18.2 Å². The molecule has 1 aliphatic heterocycles. The quantitative estimate of drug-likeness (QED) is 0.814. The van der Waals surface area contributed by atoms with Crippen LogP contribution in [0.4, 0.5) is 0 Å². The topological polar surface area (TPSA) is 24.5 Å². The van der Waals surface area contributed by atoms with Gasteiger partial charge in [0.2, 0.25) is 0 Å². The highest BCUT2D eigenvalue weighted by molar-refractivity contribution is 4.85. The van der Waals surface area contributed by atoms with Crippen molar-refractivity contribution < 1.29 is 4.74 Å². The number of rotatable bonds is 5. The van der Waals surface area contributed by atoms with Gasteiger partial charge in [0.15, 0.2) is 0 Å². The molecular weight excluding hydrogens is 224 g/mol. The third-order valence-electron chi connectivity index (χ3n) is 4.39. The molecule has 3 unspecified atom stereocenters. The molecular formula is C15H30N2O. The van der Waals surface area contributed by atoms with Crippen molar-refractivity contribution in [1.82, 2.24) is 10.2 Å². The minimum atomic E-state index is 0.389. The van der Waals surface area contributed by atoms with Gasteiger partial charge in [-0.25, -0.2) is 0 Å². The Hall–Kier alpha value is -0.120. The summed E-state index contributed by atoms with van der Waals surface area (Å²) < 4.78 is 5.82. The first-order chi connectivity index (χ1) is 8.69. The number of nitrogens with one attached hydrogen (secondary N) is 1. The summed E-state index contributed by atoms with van der Waals surface area (Å²) in [5.74, 6) is 0.901. The lowest BCUT2D eigenvalue weighted by molar-refractivity contribution is -0.0711. The van der Waals surface area contributed by atoms with Crippen LogP contribution in [0.3, 0.4) is 0 Å². The Morgan fingerprint density at radius 3 is 2.33 bits per heavy atom. The van der Waals surface area contributed by atoms with Crippen molar-refractivity contribution in [3.8, 4) is 0 Å². The smallest absolute Gasteiger partial charge is 0.0678 e. The SMILES string of the molecule is CCNC(CN1CC(C)OC(C)C1)C1CCCC1. The zero-order valence-electron chi connectivity index (χ0n) is 12.3. The zero-order valence-corrected chi connectivity index (χ0v) is 12.3. The Bertz CT molecular complexity index is 231. The third-order valence-corrected chi connectivity index (χ3v) is 4.39. The molecule has 0 spiro atoms. The highest BCUT2D eigenvalue weighted by Gasteiger charge is 2.29. The van der Waals surface area contributed by atoms with Crippen LogP contribution in [0.1, 0.15) is 46.5 Å². The molecule has 3 heteroatoms. The summed E-state index contributed by atoms with van der Waals surface area (Å²) in [6, 6.07) is 0.690. The van der Waals surface area contributed by atoms with Crippen molar-refractivity contribution >= 4 is 0 Å². The molecule has 0 amide bonds. The number of nitrogens with zero attached hydrogens (tertiary/aromatic N) is 1. The van der Waals surface area contributed by atoms with E-state index in [1.165, 1.54) is 32.2 Å². The van der Waals surface area contributed by atoms with Gasteiger partial charge in [-0.15, -0.1) is 0 Å². The molecule has 18 heavy (non-hydrogen) atoms. The molecule has 1 aliphatic carbocycles. The van der Waals surface area contributed by atoms with E-state index in [1.54, 1.807) is 0 Å². The summed E-state index contributed by atoms with van der Waals surface area (Å²) in [6.07, 6.45) is 6.49. The monoisotopic (exact) mass is 254 g/mol. The van der Waals surface area contributed by atoms with E-state index in [9.17, 15) is 0 Å². The molecule has 0 aromatic carbocycles. The highest BCUT2D eigenvalue weighted by Crippen LogP contribution is 2.28. The molecule has 3 nitrogen and oxygen atoms in total. The fourth-order valence-electron chi connectivity index (χ4n) is 3.71. The number of ether oxygens (including phenoxy) is 1. The van der Waals surface area contributed by atoms with E-state index in [0.717, 1.165) is 25.6 Å². The average Bonchev–Trinajstić information content (AvgIpc) is 2.80. The minimum Gasteiger partial charge on any atom is -0.373 e. The Morgan fingerprint density at radius 1 is 1.17 bits per heavy atom. The molecule has 106 valence electrons. The van der Waals surface area contributed by atoms with E-state index in [2.05, 4.69) is 31.0 Å². The average molecular weight is 254 g/mol. The summed E-state index contributed by atoms with van der Waals surface area (Å²) in [6.45, 7) is 11.1. The van der Waals surface area contributed by atoms with Crippen LogP contribution in [0.5, 0.6) is 0 Å². The molecule has 1 heterocycles. The fourth-order valence-corrected chi connectivity index (χ4v) is 3.71. The van der Waals surface area contributed by atoms with Crippen LogP contribution in [0, 0.1) is 5.92 Å². The van der Waals surface area contributed by atoms with Gasteiger partial charge in [0.1, 0.15) is 0 Å². The van der Waals surface area contributed by atoms with Gasteiger partial charge in [-0.1, -0.05) is 19.8 Å². The van der Waals surface area contributed by atoms with Gasteiger partial charge in [-0.05, 0) is 39.2 Å². The Labute approximate surface area is 112 Å². The summed E-state index contributed by atoms with van der Waals surface area (Å²) >= 11 is 0. The second-order valence-corrected chi connectivity index (χ2v) is 6.18. The van der Waals surface area contributed by atoms with Crippen molar-refractivity contribution in [1.29, 1.82) is 0 Å². The van der Waals surface area contributed by atoms with Crippen LogP contribution in [-0.4, -0.2) is 49.3 Å². The van der Waals surface area contributed by atoms with Crippen molar-refractivity contribution in [2.24, 2.45) is 5.92 Å². The van der Waals surface area contributed by atoms with Crippen LogP contribution in [-0.2, 0) is 4.74 Å². The lowest BCUT2D eigenvalue weighted by atomic mass is 9.97. The number of hydrogen-bond donors (Lipinski definition) is 1. The van der Waals surface area contributed by atoms with Crippen molar-refractivity contribution in [2.45, 2.75) is 64.7 Å². The van der Waals surface area contributed by atoms with E-state index in [1.807, 2.05) is 0 Å². The van der Waals surface area contributed by atoms with Crippen molar-refractivity contribution in [3.05, 3.63) is 0 Å². The van der Waals surface area contributed by atoms with Crippen LogP contribution >= 0.6 is 0 Å². The van der Waals surface area contributed by atoms with Crippen LogP contribution in [0.15, 0.2) is 0 Å². The maximum atomic E-state index is 5.82. The van der Waals surface area contributed by atoms with Gasteiger partial charge in [-0.2, -0.15) is 0 Å². The van der Waals surface area contributed by atoms with Crippen LogP contribution < -0.4 is 5.32 Å². The molecule has 0 aromatic rings. The first-order valence-corrected chi connectivity index (χ1v) is 7.80. The molecule has 0 radical (unpaired) electrons. The summed E-state index contributed by atoms with van der Waals surface area (Å²) in [7, 11) is 0. The lowest BCUT2D eigenvalue weighted by Crippen LogP contribution is -2.52. The van der Waals surface area contributed by atoms with E-state index in [-0.39, 0.29) is 0 Å². The summed E-state index contributed by atoms with van der Waals surface area (Å²) in [5.41, 5.74) is 0. The predicted octanol–water partition coefficient (Wildman–Crippen LogP) is 2.26. The van der Waals surface area contributed by atoms with Gasteiger partial charge in [0.25, 0.3) is 0 Å². The number of likely N-dealkylation sites (N-methyl/N-ethyl adjacent to an activating group) is 1. The normalized spacial score (nSPS) is 32.8. The minimum absolute atomic E-state index is 0.389. The molecule has 1 saturated carbocycles. The molecule has 2 rings (SSSR count). The first kappa shape index (κ1) is 14.3. The van der Waals surface area contributed by atoms with E-state index >= 15 is 0 Å². The van der Waals surface area contributed by atoms with Gasteiger partial charge >= 0.3 is 0 Å². The molecule has 2 fully saturated rings. The first-order valence-electron chi connectivity index (χ1n) is 7.80. The number of morpholine rings is 1. The van der Waals surface area contributed by atoms with Gasteiger partial charge in [0, 0.05) is 25.7 Å². The van der Waals surface area contributed by atoms with Gasteiger partial charge < -0.3 is 10.1 Å². The third kappa shape index (κ3) is 3.94. The molecule has 0 aromatic heterocycles. The van der Waals surface area contributed by atoms with Crippen molar-refractivity contribution in [3.63, 3.8) is 0 Å². The second-order valence-electron chi connectivity index (χ2n) is 6.18. The Balaban J connectivity index is 1.86. The van der Waals surface area contributed by atoms with Gasteiger partial charge in [-0.3, -0.25) is 4.90 Å². The standard InChI is InChI=1S/C15H30N2O/c1-4-16-15(14-7-5-6-8-14)11-17-9-12(2)18-13(3)10-17/h12-16H,4-11H2,1-3H3. The van der Waals surface area contributed by atoms with E-state index in [4.69, 9.17) is 4.74 Å². The summed E-state index contributed by atoms with van der Waals surface area (Å²) in [4.78, 5) is 2.60. The highest BCUT2D eigenvalue weighted by atomic mass is 16.5. The molecule has 1 N–H and O–H groups in total. The molecule has 3 atom stereocenters. The Morgan fingerprint density at radius 2 is 1.78 bits per heavy atom. The van der Waals surface area contributed by atoms with Gasteiger partial charge in [0.05, 0.1) is 12.2 Å². The van der Waals surface area contributed by atoms with E-state index < -0.39 is 0 Å². The predicted molar refractivity (Wildman–Crippen MR) is 75.9 cm³/mol. The zero-order chi connectivity index (χ0) is 13.0. The van der Waals surface area contributed by atoms with Crippen LogP contribution in [0.25, 0.3) is 0 Å². The Kier molecular flexibility index (Phi) is 5.46. The molecule has 0 bridgehead atoms. The second kappa shape index (κ2) is 6.88. The summed E-state index contributed by atoms with van der Waals surface area (Å²) in [5, 5.41) is 3.72. The van der Waals surface area contributed by atoms with Crippen molar-refractivity contribution in [2.75, 3.05) is 26.2 Å².